The second kappa shape index (κ2) is 7.79. The van der Waals surface area contributed by atoms with Crippen molar-refractivity contribution in [2.45, 2.75) is 44.6 Å². The maximum absolute atomic E-state index is 12.4. The zero-order chi connectivity index (χ0) is 16.9. The highest BCUT2D eigenvalue weighted by Gasteiger charge is 2.33. The third-order valence-electron chi connectivity index (χ3n) is 5.29. The molecule has 1 aliphatic carbocycles. The van der Waals surface area contributed by atoms with Gasteiger partial charge in [-0.25, -0.2) is 4.79 Å². The van der Waals surface area contributed by atoms with Crippen LogP contribution in [0.1, 0.15) is 48.9 Å². The molecule has 2 aliphatic rings. The van der Waals surface area contributed by atoms with Crippen molar-refractivity contribution in [2.75, 3.05) is 25.5 Å². The summed E-state index contributed by atoms with van der Waals surface area (Å²) in [4.78, 5) is 26.2. The number of carbonyl (C=O) groups is 2. The van der Waals surface area contributed by atoms with Crippen molar-refractivity contribution in [1.29, 1.82) is 0 Å². The SMILES string of the molecule is COC(=O)c1ccc(NC(=O)CN2CCC[C@@H]3CCCC[C@@H]32)cc1. The van der Waals surface area contributed by atoms with Gasteiger partial charge in [0.1, 0.15) is 0 Å². The fourth-order valence-corrected chi connectivity index (χ4v) is 4.12. The summed E-state index contributed by atoms with van der Waals surface area (Å²) in [5, 5.41) is 2.94. The Morgan fingerprint density at radius 2 is 1.83 bits per heavy atom. The summed E-state index contributed by atoms with van der Waals surface area (Å²) in [5.74, 6) is 0.427. The van der Waals surface area contributed by atoms with Crippen LogP contribution in [0.15, 0.2) is 24.3 Å². The first-order valence-corrected chi connectivity index (χ1v) is 8.89. The van der Waals surface area contributed by atoms with Gasteiger partial charge < -0.3 is 10.1 Å². The smallest absolute Gasteiger partial charge is 0.337 e. The number of anilines is 1. The molecule has 1 aromatic rings. The quantitative estimate of drug-likeness (QED) is 0.862. The predicted molar refractivity (Wildman–Crippen MR) is 93.0 cm³/mol. The predicted octanol–water partition coefficient (Wildman–Crippen LogP) is 3.07. The number of nitrogens with one attached hydrogen (secondary N) is 1. The molecular formula is C19H26N2O3. The number of fused-ring (bicyclic) bond motifs is 1. The molecule has 130 valence electrons. The third kappa shape index (κ3) is 3.96. The zero-order valence-electron chi connectivity index (χ0n) is 14.3. The van der Waals surface area contributed by atoms with Gasteiger partial charge >= 0.3 is 5.97 Å². The third-order valence-corrected chi connectivity index (χ3v) is 5.29. The number of carbonyl (C=O) groups excluding carboxylic acids is 2. The van der Waals surface area contributed by atoms with E-state index < -0.39 is 0 Å². The highest BCUT2D eigenvalue weighted by Crippen LogP contribution is 2.35. The van der Waals surface area contributed by atoms with Gasteiger partial charge in [0, 0.05) is 11.7 Å². The first-order chi connectivity index (χ1) is 11.7. The van der Waals surface area contributed by atoms with Gasteiger partial charge in [0.25, 0.3) is 0 Å². The molecule has 1 amide bonds. The Hall–Kier alpha value is -1.88. The van der Waals surface area contributed by atoms with Crippen LogP contribution < -0.4 is 5.32 Å². The van der Waals surface area contributed by atoms with Gasteiger partial charge in [-0.2, -0.15) is 0 Å². The molecule has 2 atom stereocenters. The highest BCUT2D eigenvalue weighted by atomic mass is 16.5. The molecule has 1 N–H and O–H groups in total. The van der Waals surface area contributed by atoms with Gasteiger partial charge in [0.05, 0.1) is 19.2 Å². The topological polar surface area (TPSA) is 58.6 Å². The average Bonchev–Trinajstić information content (AvgIpc) is 2.62. The minimum absolute atomic E-state index is 0.0204. The second-order valence-corrected chi connectivity index (χ2v) is 6.84. The normalized spacial score (nSPS) is 24.0. The Kier molecular flexibility index (Phi) is 5.51. The molecule has 5 nitrogen and oxygen atoms in total. The lowest BCUT2D eigenvalue weighted by atomic mass is 9.78. The molecule has 1 saturated heterocycles. The van der Waals surface area contributed by atoms with Crippen LogP contribution >= 0.6 is 0 Å². The molecule has 1 aromatic carbocycles. The molecule has 0 radical (unpaired) electrons. The standard InChI is InChI=1S/C19H26N2O3/c1-24-19(23)15-8-10-16(11-9-15)20-18(22)13-21-12-4-6-14-5-2-3-7-17(14)21/h8-11,14,17H,2-7,12-13H2,1H3,(H,20,22)/t14-,17-/m0/s1. The number of amides is 1. The molecule has 3 rings (SSSR count). The number of hydrogen-bond donors (Lipinski definition) is 1. The molecule has 1 saturated carbocycles. The molecule has 0 bridgehead atoms. The van der Waals surface area contributed by atoms with E-state index in [1.54, 1.807) is 24.3 Å². The number of nitrogens with zero attached hydrogens (tertiary/aromatic N) is 1. The summed E-state index contributed by atoms with van der Waals surface area (Å²) in [6, 6.07) is 7.40. The lowest BCUT2D eigenvalue weighted by Crippen LogP contribution is -2.49. The number of hydrogen-bond acceptors (Lipinski definition) is 4. The Balaban J connectivity index is 1.56. The van der Waals surface area contributed by atoms with Crippen molar-refractivity contribution < 1.29 is 14.3 Å². The van der Waals surface area contributed by atoms with E-state index in [1.165, 1.54) is 45.6 Å². The summed E-state index contributed by atoms with van der Waals surface area (Å²) in [6.07, 6.45) is 7.69. The fraction of sp³-hybridized carbons (Fsp3) is 0.579. The number of piperidine rings is 1. The van der Waals surface area contributed by atoms with Gasteiger partial charge in [0.2, 0.25) is 5.91 Å². The van der Waals surface area contributed by atoms with Crippen molar-refractivity contribution in [3.8, 4) is 0 Å². The van der Waals surface area contributed by atoms with E-state index >= 15 is 0 Å². The van der Waals surface area contributed by atoms with Gasteiger partial charge in [-0.1, -0.05) is 12.8 Å². The van der Waals surface area contributed by atoms with Crippen molar-refractivity contribution in [3.63, 3.8) is 0 Å². The molecule has 5 heteroatoms. The molecule has 1 aliphatic heterocycles. The number of benzene rings is 1. The van der Waals surface area contributed by atoms with Gasteiger partial charge in [0.15, 0.2) is 0 Å². The summed E-state index contributed by atoms with van der Waals surface area (Å²) in [5.41, 5.74) is 1.20. The summed E-state index contributed by atoms with van der Waals surface area (Å²) in [6.45, 7) is 1.48. The molecule has 0 aromatic heterocycles. The summed E-state index contributed by atoms with van der Waals surface area (Å²) >= 11 is 0. The lowest BCUT2D eigenvalue weighted by Gasteiger charge is -2.43. The Morgan fingerprint density at radius 1 is 1.12 bits per heavy atom. The molecule has 0 spiro atoms. The number of methoxy groups -OCH3 is 1. The number of esters is 1. The molecule has 1 heterocycles. The van der Waals surface area contributed by atoms with E-state index in [9.17, 15) is 9.59 Å². The number of likely N-dealkylation sites (tertiary alicyclic amines) is 1. The van der Waals surface area contributed by atoms with Crippen molar-refractivity contribution >= 4 is 17.6 Å². The Bertz CT molecular complexity index is 583. The maximum atomic E-state index is 12.4. The summed E-state index contributed by atoms with van der Waals surface area (Å²) < 4.78 is 4.68. The molecule has 0 unspecified atom stereocenters. The van der Waals surface area contributed by atoms with E-state index in [1.807, 2.05) is 0 Å². The number of ether oxygens (including phenoxy) is 1. The maximum Gasteiger partial charge on any atom is 0.337 e. The zero-order valence-corrected chi connectivity index (χ0v) is 14.3. The largest absolute Gasteiger partial charge is 0.465 e. The fourth-order valence-electron chi connectivity index (χ4n) is 4.12. The monoisotopic (exact) mass is 330 g/mol. The van der Waals surface area contributed by atoms with Crippen LogP contribution in [-0.4, -0.2) is 43.0 Å². The molecule has 24 heavy (non-hydrogen) atoms. The van der Waals surface area contributed by atoms with Crippen LogP contribution in [0.4, 0.5) is 5.69 Å². The van der Waals surface area contributed by atoms with E-state index in [2.05, 4.69) is 15.0 Å². The minimum atomic E-state index is -0.371. The molecular weight excluding hydrogens is 304 g/mol. The van der Waals surface area contributed by atoms with Crippen LogP contribution in [0.5, 0.6) is 0 Å². The van der Waals surface area contributed by atoms with Crippen LogP contribution in [0.2, 0.25) is 0 Å². The van der Waals surface area contributed by atoms with E-state index in [0.29, 0.717) is 23.8 Å². The van der Waals surface area contributed by atoms with E-state index in [4.69, 9.17) is 0 Å². The van der Waals surface area contributed by atoms with Crippen molar-refractivity contribution in [2.24, 2.45) is 5.92 Å². The Labute approximate surface area is 143 Å². The molecule has 2 fully saturated rings. The van der Waals surface area contributed by atoms with Crippen LogP contribution in [0.25, 0.3) is 0 Å². The van der Waals surface area contributed by atoms with Crippen LogP contribution in [-0.2, 0) is 9.53 Å². The average molecular weight is 330 g/mol. The first-order valence-electron chi connectivity index (χ1n) is 8.89. The van der Waals surface area contributed by atoms with Crippen LogP contribution in [0.3, 0.4) is 0 Å². The number of rotatable bonds is 4. The van der Waals surface area contributed by atoms with Crippen molar-refractivity contribution in [3.05, 3.63) is 29.8 Å². The van der Waals surface area contributed by atoms with Gasteiger partial charge in [-0.15, -0.1) is 0 Å². The van der Waals surface area contributed by atoms with E-state index in [0.717, 1.165) is 12.5 Å². The van der Waals surface area contributed by atoms with Gasteiger partial charge in [-0.05, 0) is 62.4 Å². The summed E-state index contributed by atoms with van der Waals surface area (Å²) in [7, 11) is 1.36. The second-order valence-electron chi connectivity index (χ2n) is 6.84. The minimum Gasteiger partial charge on any atom is -0.465 e. The van der Waals surface area contributed by atoms with Crippen molar-refractivity contribution in [1.82, 2.24) is 4.90 Å². The Morgan fingerprint density at radius 3 is 2.58 bits per heavy atom. The highest BCUT2D eigenvalue weighted by molar-refractivity contribution is 5.94. The first kappa shape index (κ1) is 17.0. The lowest BCUT2D eigenvalue weighted by molar-refractivity contribution is -0.118. The van der Waals surface area contributed by atoms with Crippen LogP contribution in [0, 0.1) is 5.92 Å². The van der Waals surface area contributed by atoms with Gasteiger partial charge in [-0.3, -0.25) is 9.69 Å². The van der Waals surface area contributed by atoms with E-state index in [-0.39, 0.29) is 11.9 Å².